The Morgan fingerprint density at radius 2 is 1.76 bits per heavy atom. The predicted octanol–water partition coefficient (Wildman–Crippen LogP) is 4.96. The first-order chi connectivity index (χ1) is 17.0. The van der Waals surface area contributed by atoms with Crippen LogP contribution >= 0.6 is 0 Å². The highest BCUT2D eigenvalue weighted by atomic mass is 32.2. The van der Waals surface area contributed by atoms with Crippen molar-refractivity contribution >= 4 is 27.6 Å². The van der Waals surface area contributed by atoms with E-state index in [9.17, 15) is 35.9 Å². The van der Waals surface area contributed by atoms with E-state index in [1.165, 1.54) is 49.9 Å². The van der Waals surface area contributed by atoms with Crippen molar-refractivity contribution in [1.29, 1.82) is 0 Å². The molecule has 0 aliphatic carbocycles. The first kappa shape index (κ1) is 27.8. The van der Waals surface area contributed by atoms with Crippen molar-refractivity contribution in [2.24, 2.45) is 5.41 Å². The molecule has 0 aliphatic rings. The van der Waals surface area contributed by atoms with Gasteiger partial charge in [-0.15, -0.1) is 0 Å². The van der Waals surface area contributed by atoms with Crippen molar-refractivity contribution in [1.82, 2.24) is 9.97 Å². The van der Waals surface area contributed by atoms with Gasteiger partial charge in [-0.25, -0.2) is 14.4 Å². The van der Waals surface area contributed by atoms with E-state index >= 15 is 0 Å². The standard InChI is InChI=1S/C24H24F4N4O4S/c1-14-8-9-15(25)12-16(14)21-17(24(26,27)28)10-11-18(29-21)31-37(35,36)20-7-5-6-19(30-20)32(4)13-23(2,3)22(33)34/h5-12H,13H2,1-4H3,(H,29,31)(H,33,34). The molecule has 3 aromatic rings. The normalized spacial score (nSPS) is 12.3. The fourth-order valence-corrected chi connectivity index (χ4v) is 4.46. The van der Waals surface area contributed by atoms with Crippen molar-refractivity contribution in [3.63, 3.8) is 0 Å². The number of hydrogen-bond donors (Lipinski definition) is 2. The van der Waals surface area contributed by atoms with Gasteiger partial charge in [0.2, 0.25) is 0 Å². The SMILES string of the molecule is Cc1ccc(F)cc1-c1nc(NS(=O)(=O)c2cccc(N(C)CC(C)(C)C(=O)O)n2)ccc1C(F)(F)F. The highest BCUT2D eigenvalue weighted by molar-refractivity contribution is 7.92. The highest BCUT2D eigenvalue weighted by Crippen LogP contribution is 2.38. The zero-order chi connectivity index (χ0) is 27.8. The van der Waals surface area contributed by atoms with E-state index in [1.54, 1.807) is 7.05 Å². The molecule has 0 saturated carbocycles. The number of carbonyl (C=O) groups is 1. The molecule has 0 saturated heterocycles. The summed E-state index contributed by atoms with van der Waals surface area (Å²) in [7, 11) is -2.87. The maximum absolute atomic E-state index is 13.8. The Balaban J connectivity index is 1.99. The van der Waals surface area contributed by atoms with Crippen LogP contribution in [0.15, 0.2) is 53.6 Å². The zero-order valence-corrected chi connectivity index (χ0v) is 21.1. The Hall–Kier alpha value is -3.74. The number of hydrogen-bond acceptors (Lipinski definition) is 6. The summed E-state index contributed by atoms with van der Waals surface area (Å²) in [5.41, 5.74) is -2.79. The fraction of sp³-hybridized carbons (Fsp3) is 0.292. The molecule has 0 bridgehead atoms. The van der Waals surface area contributed by atoms with E-state index in [4.69, 9.17) is 0 Å². The summed E-state index contributed by atoms with van der Waals surface area (Å²) in [5, 5.41) is 8.88. The van der Waals surface area contributed by atoms with E-state index in [2.05, 4.69) is 14.7 Å². The van der Waals surface area contributed by atoms with Gasteiger partial charge >= 0.3 is 12.1 Å². The summed E-state index contributed by atoms with van der Waals surface area (Å²) in [6.45, 7) is 4.50. The lowest BCUT2D eigenvalue weighted by molar-refractivity contribution is -0.146. The van der Waals surface area contributed by atoms with Gasteiger partial charge in [0.05, 0.1) is 16.7 Å². The number of carboxylic acids is 1. The maximum atomic E-state index is 13.8. The number of aliphatic carboxylic acids is 1. The number of carboxylic acid groups (broad SMARTS) is 1. The number of aryl methyl sites for hydroxylation is 1. The Kier molecular flexibility index (Phi) is 7.49. The molecule has 13 heteroatoms. The molecule has 2 N–H and O–H groups in total. The van der Waals surface area contributed by atoms with E-state index in [-0.39, 0.29) is 17.9 Å². The van der Waals surface area contributed by atoms with Gasteiger partial charge in [-0.05, 0) is 62.7 Å². The summed E-state index contributed by atoms with van der Waals surface area (Å²) in [6.07, 6.45) is -4.83. The van der Waals surface area contributed by atoms with Gasteiger partial charge in [-0.2, -0.15) is 21.6 Å². The second kappa shape index (κ2) is 9.96. The summed E-state index contributed by atoms with van der Waals surface area (Å²) in [5.74, 6) is -2.10. The lowest BCUT2D eigenvalue weighted by Gasteiger charge is -2.27. The molecular formula is C24H24F4N4O4S. The molecule has 1 aromatic carbocycles. The molecule has 2 heterocycles. The van der Waals surface area contributed by atoms with E-state index in [0.717, 1.165) is 18.2 Å². The average Bonchev–Trinajstić information content (AvgIpc) is 2.79. The number of benzene rings is 1. The fourth-order valence-electron chi connectivity index (χ4n) is 3.50. The minimum Gasteiger partial charge on any atom is -0.481 e. The molecule has 0 aliphatic heterocycles. The molecular weight excluding hydrogens is 516 g/mol. The van der Waals surface area contributed by atoms with Crippen LogP contribution in [-0.2, 0) is 21.0 Å². The second-order valence-electron chi connectivity index (χ2n) is 9.03. The number of aromatic nitrogens is 2. The van der Waals surface area contributed by atoms with Crippen molar-refractivity contribution in [2.45, 2.75) is 32.0 Å². The topological polar surface area (TPSA) is 112 Å². The number of halogens is 4. The molecule has 0 unspecified atom stereocenters. The van der Waals surface area contributed by atoms with Crippen LogP contribution in [0.5, 0.6) is 0 Å². The van der Waals surface area contributed by atoms with Crippen LogP contribution < -0.4 is 9.62 Å². The van der Waals surface area contributed by atoms with Gasteiger partial charge in [0.15, 0.2) is 5.03 Å². The Morgan fingerprint density at radius 3 is 2.38 bits per heavy atom. The third-order valence-corrected chi connectivity index (χ3v) is 6.74. The third-order valence-electron chi connectivity index (χ3n) is 5.48. The van der Waals surface area contributed by atoms with Crippen LogP contribution in [0.1, 0.15) is 25.0 Å². The molecule has 0 fully saturated rings. The molecule has 0 radical (unpaired) electrons. The number of rotatable bonds is 8. The van der Waals surface area contributed by atoms with Crippen LogP contribution in [0.4, 0.5) is 29.2 Å². The van der Waals surface area contributed by atoms with Gasteiger partial charge in [-0.3, -0.25) is 9.52 Å². The Morgan fingerprint density at radius 1 is 1.08 bits per heavy atom. The summed E-state index contributed by atoms with van der Waals surface area (Å²) in [4.78, 5) is 20.8. The highest BCUT2D eigenvalue weighted by Gasteiger charge is 2.35. The third kappa shape index (κ3) is 6.34. The molecule has 37 heavy (non-hydrogen) atoms. The minimum absolute atomic E-state index is 0.0169. The number of nitrogens with one attached hydrogen (secondary N) is 1. The number of alkyl halides is 3. The lowest BCUT2D eigenvalue weighted by atomic mass is 9.93. The summed E-state index contributed by atoms with van der Waals surface area (Å²) in [6, 6.07) is 8.84. The van der Waals surface area contributed by atoms with Gasteiger partial charge in [0.1, 0.15) is 17.5 Å². The second-order valence-corrected chi connectivity index (χ2v) is 10.7. The lowest BCUT2D eigenvalue weighted by Crippen LogP contribution is -2.37. The van der Waals surface area contributed by atoms with E-state index < -0.39 is 55.5 Å². The average molecular weight is 541 g/mol. The largest absolute Gasteiger partial charge is 0.481 e. The van der Waals surface area contributed by atoms with E-state index in [1.807, 2.05) is 0 Å². The first-order valence-electron chi connectivity index (χ1n) is 10.8. The number of sulfonamides is 1. The summed E-state index contributed by atoms with van der Waals surface area (Å²) < 4.78 is 83.0. The maximum Gasteiger partial charge on any atom is 0.418 e. The number of nitrogens with zero attached hydrogens (tertiary/aromatic N) is 3. The Bertz CT molecular complexity index is 1440. The quantitative estimate of drug-likeness (QED) is 0.389. The van der Waals surface area contributed by atoms with Crippen molar-refractivity contribution in [2.75, 3.05) is 23.2 Å². The van der Waals surface area contributed by atoms with Crippen molar-refractivity contribution in [3.05, 3.63) is 65.5 Å². The predicted molar refractivity (Wildman–Crippen MR) is 129 cm³/mol. The molecule has 0 atom stereocenters. The van der Waals surface area contributed by atoms with Crippen LogP contribution in [0, 0.1) is 18.2 Å². The number of pyridine rings is 2. The molecule has 8 nitrogen and oxygen atoms in total. The molecule has 0 spiro atoms. The van der Waals surface area contributed by atoms with Crippen LogP contribution in [0.25, 0.3) is 11.3 Å². The molecule has 0 amide bonds. The first-order valence-corrected chi connectivity index (χ1v) is 12.3. The molecule has 2 aromatic heterocycles. The van der Waals surface area contributed by atoms with Gasteiger partial charge < -0.3 is 10.0 Å². The van der Waals surface area contributed by atoms with Crippen LogP contribution in [-0.4, -0.2) is 43.1 Å². The molecule has 198 valence electrons. The van der Waals surface area contributed by atoms with Gasteiger partial charge in [-0.1, -0.05) is 12.1 Å². The Labute approximate surface area is 211 Å². The molecule has 3 rings (SSSR count). The van der Waals surface area contributed by atoms with E-state index in [0.29, 0.717) is 11.6 Å². The monoisotopic (exact) mass is 540 g/mol. The van der Waals surface area contributed by atoms with Crippen LogP contribution in [0.2, 0.25) is 0 Å². The number of anilines is 2. The van der Waals surface area contributed by atoms with Crippen molar-refractivity contribution in [3.8, 4) is 11.3 Å². The zero-order valence-electron chi connectivity index (χ0n) is 20.3. The van der Waals surface area contributed by atoms with Crippen molar-refractivity contribution < 1.29 is 35.9 Å². The summed E-state index contributed by atoms with van der Waals surface area (Å²) >= 11 is 0. The van der Waals surface area contributed by atoms with Gasteiger partial charge in [0, 0.05) is 19.2 Å². The smallest absolute Gasteiger partial charge is 0.418 e. The minimum atomic E-state index is -4.83. The van der Waals surface area contributed by atoms with Crippen LogP contribution in [0.3, 0.4) is 0 Å². The van der Waals surface area contributed by atoms with Gasteiger partial charge in [0.25, 0.3) is 10.0 Å².